The van der Waals surface area contributed by atoms with Gasteiger partial charge in [0.15, 0.2) is 0 Å². The molecule has 0 aliphatic rings. The molecular weight excluding hydrogens is 729 g/mol. The second kappa shape index (κ2) is 25.8. The Kier molecular flexibility index (Phi) is 20.2. The van der Waals surface area contributed by atoms with Crippen molar-refractivity contribution in [2.75, 3.05) is 6.54 Å². The van der Waals surface area contributed by atoms with E-state index in [0.717, 1.165) is 80.0 Å². The highest BCUT2D eigenvalue weighted by atomic mass is 16.4. The van der Waals surface area contributed by atoms with Crippen LogP contribution in [0.5, 0.6) is 0 Å². The predicted molar refractivity (Wildman–Crippen MR) is 229 cm³/mol. The van der Waals surface area contributed by atoms with Gasteiger partial charge < -0.3 is 30.4 Å². The fourth-order valence-corrected chi connectivity index (χ4v) is 8.02. The summed E-state index contributed by atoms with van der Waals surface area (Å²) in [6.45, 7) is 0.836. The molecule has 10 heteroatoms. The molecule has 0 heterocycles. The van der Waals surface area contributed by atoms with Gasteiger partial charge >= 0.3 is 12.2 Å². The molecule has 4 rings (SSSR count). The van der Waals surface area contributed by atoms with E-state index in [2.05, 4.69) is 16.1 Å². The topological polar surface area (TPSA) is 148 Å². The molecule has 4 aromatic carbocycles. The van der Waals surface area contributed by atoms with Gasteiger partial charge in [0.2, 0.25) is 0 Å². The molecule has 4 aromatic rings. The summed E-state index contributed by atoms with van der Waals surface area (Å²) in [7, 11) is 0. The summed E-state index contributed by atoms with van der Waals surface area (Å²) in [6.07, 6.45) is 11.8. The van der Waals surface area contributed by atoms with Gasteiger partial charge in [0.1, 0.15) is 18.2 Å². The number of hydrogen-bond donors (Lipinski definition) is 5. The normalized spacial score (nSPS) is 13.8. The lowest BCUT2D eigenvalue weighted by atomic mass is 9.77. The van der Waals surface area contributed by atoms with E-state index in [4.69, 9.17) is 0 Å². The number of carboxylic acid groups (broad SMARTS) is 2. The molecule has 4 atom stereocenters. The number of nitrogens with zero attached hydrogens (tertiary/aromatic N) is 1. The first-order valence-electron chi connectivity index (χ1n) is 20.9. The van der Waals surface area contributed by atoms with Gasteiger partial charge in [-0.2, -0.15) is 5.01 Å². The van der Waals surface area contributed by atoms with Crippen LogP contribution in [0.1, 0.15) is 92.9 Å². The van der Waals surface area contributed by atoms with Crippen LogP contribution in [0.15, 0.2) is 121 Å². The van der Waals surface area contributed by atoms with Crippen LogP contribution in [0, 0.1) is 5.92 Å². The Morgan fingerprint density at radius 3 is 1.47 bits per heavy atom. The van der Waals surface area contributed by atoms with E-state index in [9.17, 15) is 29.4 Å². The lowest BCUT2D eigenvalue weighted by molar-refractivity contribution is -0.122. The highest BCUT2D eigenvalue weighted by Gasteiger charge is 2.49. The molecule has 5 N–H and O–H groups in total. The van der Waals surface area contributed by atoms with E-state index in [1.807, 2.05) is 121 Å². The summed E-state index contributed by atoms with van der Waals surface area (Å²) < 4.78 is 0. The quantitative estimate of drug-likeness (QED) is 0.0158. The summed E-state index contributed by atoms with van der Waals surface area (Å²) in [5.74, 6) is -0.425. The number of benzene rings is 4. The van der Waals surface area contributed by atoms with Gasteiger partial charge in [-0.15, -0.1) is 0 Å². The lowest BCUT2D eigenvalue weighted by Crippen LogP contribution is -2.73. The van der Waals surface area contributed by atoms with Crippen molar-refractivity contribution >= 4 is 24.8 Å². The molecule has 0 saturated heterocycles. The summed E-state index contributed by atoms with van der Waals surface area (Å²) in [6, 6.07) is 37.5. The molecule has 0 spiro atoms. The number of hydrazine groups is 1. The molecule has 0 fully saturated rings. The van der Waals surface area contributed by atoms with Crippen molar-refractivity contribution in [3.8, 4) is 0 Å². The van der Waals surface area contributed by atoms with Crippen LogP contribution < -0.4 is 16.1 Å². The van der Waals surface area contributed by atoms with E-state index in [1.54, 1.807) is 0 Å². The molecule has 58 heavy (non-hydrogen) atoms. The molecule has 0 saturated carbocycles. The van der Waals surface area contributed by atoms with Crippen LogP contribution >= 0.6 is 0 Å². The molecule has 0 aromatic heterocycles. The summed E-state index contributed by atoms with van der Waals surface area (Å²) in [5.41, 5.74) is 4.76. The second-order valence-corrected chi connectivity index (χ2v) is 15.3. The van der Waals surface area contributed by atoms with Gasteiger partial charge in [0.05, 0.1) is 12.1 Å². The maximum atomic E-state index is 13.0. The molecule has 0 aliphatic carbocycles. The Hall–Kier alpha value is -5.32. The third-order valence-electron chi connectivity index (χ3n) is 10.9. The first kappa shape index (κ1) is 45.4. The highest BCUT2D eigenvalue weighted by Crippen LogP contribution is 2.35. The van der Waals surface area contributed by atoms with Gasteiger partial charge in [0, 0.05) is 12.3 Å². The van der Waals surface area contributed by atoms with E-state index in [1.165, 1.54) is 24.3 Å². The monoisotopic (exact) mass is 790 g/mol. The van der Waals surface area contributed by atoms with Crippen LogP contribution in [0.2, 0.25) is 0 Å². The zero-order valence-corrected chi connectivity index (χ0v) is 33.7. The van der Waals surface area contributed by atoms with Crippen molar-refractivity contribution in [3.05, 3.63) is 144 Å². The van der Waals surface area contributed by atoms with Crippen LogP contribution in [0.3, 0.4) is 0 Å². The van der Waals surface area contributed by atoms with Crippen molar-refractivity contribution < 1.29 is 29.4 Å². The largest absolute Gasteiger partial charge is 0.465 e. The average Bonchev–Trinajstić information content (AvgIpc) is 3.23. The standard InChI is InChI=1S/C48H62N4O6/c53-37-44(34-40-25-15-10-16-26-40)49-32-22-8-6-4-2-1-3-5-7-21-31-43(33-39-23-13-9-14-24-39)48(50-46(55)56,36-42-29-19-12-20-30-42)52(51-47(57)58)45(38-54)35-41-27-17-11-18-28-41/h9-20,23-30,37-38,43-45,49-51H,1-8,21-22,31-36H2,(H,55,56)(H,57,58)/t43-,44?,45-,48?/m0/s1. The third-order valence-corrected chi connectivity index (χ3v) is 10.9. The van der Waals surface area contributed by atoms with Crippen LogP contribution in [0.25, 0.3) is 0 Å². The highest BCUT2D eigenvalue weighted by molar-refractivity contribution is 5.68. The van der Waals surface area contributed by atoms with Gasteiger partial charge in [-0.3, -0.25) is 5.43 Å². The van der Waals surface area contributed by atoms with Crippen LogP contribution in [-0.4, -0.2) is 64.3 Å². The fourth-order valence-electron chi connectivity index (χ4n) is 8.02. The van der Waals surface area contributed by atoms with E-state index in [-0.39, 0.29) is 18.9 Å². The van der Waals surface area contributed by atoms with Crippen molar-refractivity contribution in [3.63, 3.8) is 0 Å². The number of aldehydes is 2. The van der Waals surface area contributed by atoms with Gasteiger partial charge in [-0.1, -0.05) is 179 Å². The summed E-state index contributed by atoms with van der Waals surface area (Å²) in [4.78, 5) is 50.0. The van der Waals surface area contributed by atoms with Gasteiger partial charge in [-0.05, 0) is 60.9 Å². The molecule has 0 bridgehead atoms. The van der Waals surface area contributed by atoms with Gasteiger partial charge in [-0.25, -0.2) is 9.59 Å². The van der Waals surface area contributed by atoms with Crippen molar-refractivity contribution in [1.82, 2.24) is 21.1 Å². The average molecular weight is 791 g/mol. The minimum absolute atomic E-state index is 0.123. The number of unbranched alkanes of at least 4 members (excludes halogenated alkanes) is 9. The predicted octanol–water partition coefficient (Wildman–Crippen LogP) is 9.04. The molecule has 0 radical (unpaired) electrons. The number of rotatable bonds is 29. The molecular formula is C48H62N4O6. The first-order valence-corrected chi connectivity index (χ1v) is 20.9. The third kappa shape index (κ3) is 15.9. The summed E-state index contributed by atoms with van der Waals surface area (Å²) in [5, 5.41) is 28.3. The Balaban J connectivity index is 1.40. The van der Waals surface area contributed by atoms with E-state index < -0.39 is 29.8 Å². The Bertz CT molecular complexity index is 1750. The maximum absolute atomic E-state index is 13.0. The molecule has 0 aliphatic heterocycles. The van der Waals surface area contributed by atoms with Gasteiger partial charge in [0.25, 0.3) is 0 Å². The van der Waals surface area contributed by atoms with Crippen LogP contribution in [0.4, 0.5) is 9.59 Å². The number of amides is 2. The number of nitrogens with one attached hydrogen (secondary N) is 3. The Labute approximate surface area is 344 Å². The molecule has 310 valence electrons. The second-order valence-electron chi connectivity index (χ2n) is 15.3. The minimum Gasteiger partial charge on any atom is -0.465 e. The first-order chi connectivity index (χ1) is 28.3. The van der Waals surface area contributed by atoms with E-state index in [0.29, 0.717) is 25.5 Å². The van der Waals surface area contributed by atoms with Crippen molar-refractivity contribution in [2.45, 2.75) is 114 Å². The lowest BCUT2D eigenvalue weighted by Gasteiger charge is -2.50. The minimum atomic E-state index is -1.53. The smallest absolute Gasteiger partial charge is 0.419 e. The van der Waals surface area contributed by atoms with Crippen LogP contribution in [-0.2, 0) is 35.3 Å². The molecule has 2 unspecified atom stereocenters. The molecule has 10 nitrogen and oxygen atoms in total. The zero-order chi connectivity index (χ0) is 41.3. The SMILES string of the molecule is O=CC(Cc1ccccc1)NCCCCCCCCCCCC[C@@H](Cc1ccccc1)C(Cc1ccccc1)(NC(=O)O)N(NC(=O)O)[C@H](C=O)Cc1ccccc1. The van der Waals surface area contributed by atoms with Crippen molar-refractivity contribution in [2.24, 2.45) is 5.92 Å². The fraction of sp³-hybridized carbons (Fsp3) is 0.417. The maximum Gasteiger partial charge on any atom is 0.419 e. The Morgan fingerprint density at radius 2 is 1.00 bits per heavy atom. The number of hydrogen-bond acceptors (Lipinski definition) is 6. The van der Waals surface area contributed by atoms with Crippen molar-refractivity contribution in [1.29, 1.82) is 0 Å². The number of carbonyl (C=O) groups excluding carboxylic acids is 2. The zero-order valence-electron chi connectivity index (χ0n) is 33.7. The molecule has 2 amide bonds. The van der Waals surface area contributed by atoms with E-state index >= 15 is 0 Å². The Morgan fingerprint density at radius 1 is 0.552 bits per heavy atom. The number of carbonyl (C=O) groups is 4. The summed E-state index contributed by atoms with van der Waals surface area (Å²) >= 11 is 0.